The average molecular weight is 604 g/mol. The molecule has 1 saturated heterocycles. The number of carbonyl (C=O) groups is 1. The molecule has 2 aliphatic heterocycles. The van der Waals surface area contributed by atoms with E-state index in [2.05, 4.69) is 14.8 Å². The minimum atomic E-state index is -1.09. The molecule has 1 atom stereocenters. The first-order valence-electron chi connectivity index (χ1n) is 14.3. The summed E-state index contributed by atoms with van der Waals surface area (Å²) in [5, 5.41) is 11.5. The van der Waals surface area contributed by atoms with Crippen LogP contribution in [0.3, 0.4) is 0 Å². The lowest BCUT2D eigenvalue weighted by atomic mass is 9.92. The van der Waals surface area contributed by atoms with Gasteiger partial charge >= 0.3 is 5.97 Å². The predicted octanol–water partition coefficient (Wildman–Crippen LogP) is 2.98. The van der Waals surface area contributed by atoms with Gasteiger partial charge in [-0.05, 0) is 36.4 Å². The van der Waals surface area contributed by atoms with Crippen LogP contribution < -0.4 is 30.1 Å². The molecule has 4 aromatic rings. The van der Waals surface area contributed by atoms with Crippen molar-refractivity contribution < 1.29 is 33.3 Å². The summed E-state index contributed by atoms with van der Waals surface area (Å²) < 4.78 is 27.6. The second-order valence-electron chi connectivity index (χ2n) is 10.7. The highest BCUT2D eigenvalue weighted by atomic mass is 16.6. The lowest BCUT2D eigenvalue weighted by molar-refractivity contribution is -0.140. The van der Waals surface area contributed by atoms with Gasteiger partial charge in [0.25, 0.3) is 5.56 Å². The maximum absolute atomic E-state index is 13.4. The van der Waals surface area contributed by atoms with Crippen LogP contribution in [-0.2, 0) is 16.1 Å². The van der Waals surface area contributed by atoms with Gasteiger partial charge in [0, 0.05) is 54.9 Å². The minimum absolute atomic E-state index is 0.128. The first-order chi connectivity index (χ1) is 21.3. The number of nitrogens with zero attached hydrogens (tertiary/aromatic N) is 2. The van der Waals surface area contributed by atoms with E-state index in [9.17, 15) is 19.5 Å². The van der Waals surface area contributed by atoms with E-state index in [1.807, 2.05) is 24.3 Å². The molecule has 0 radical (unpaired) electrons. The highest BCUT2D eigenvalue weighted by Gasteiger charge is 2.30. The summed E-state index contributed by atoms with van der Waals surface area (Å²) in [4.78, 5) is 46.1. The van der Waals surface area contributed by atoms with E-state index in [4.69, 9.17) is 23.4 Å². The Morgan fingerprint density at radius 2 is 1.68 bits per heavy atom. The summed E-state index contributed by atoms with van der Waals surface area (Å²) in [6.45, 7) is 4.03. The molecule has 2 aliphatic rings. The molecule has 12 nitrogen and oxygen atoms in total. The van der Waals surface area contributed by atoms with Crippen LogP contribution in [0.15, 0.2) is 62.5 Å². The Morgan fingerprint density at radius 3 is 2.36 bits per heavy atom. The van der Waals surface area contributed by atoms with Crippen LogP contribution in [0.1, 0.15) is 29.4 Å². The summed E-state index contributed by atoms with van der Waals surface area (Å²) in [5.74, 6) is -0.418. The zero-order chi connectivity index (χ0) is 30.8. The third kappa shape index (κ3) is 5.93. The number of aromatic nitrogens is 1. The van der Waals surface area contributed by atoms with E-state index in [1.54, 1.807) is 25.3 Å². The molecule has 6 rings (SSSR count). The molecule has 0 aliphatic carbocycles. The first kappa shape index (κ1) is 29.1. The van der Waals surface area contributed by atoms with Crippen LogP contribution in [0.25, 0.3) is 10.9 Å². The topological polar surface area (TPSA) is 144 Å². The molecule has 12 heteroatoms. The fourth-order valence-corrected chi connectivity index (χ4v) is 5.66. The molecule has 0 bridgehead atoms. The SMILES string of the molecule is COC(=O)CC(c1oc(CN2CCN(c3ccc(OC)cc3)CC2)cc(=O)c1O)c1cc2cc3c(cc2[nH]c1=O)OCCO3. The number of ether oxygens (including phenoxy) is 4. The largest absolute Gasteiger partial charge is 0.502 e. The summed E-state index contributed by atoms with van der Waals surface area (Å²) in [5.41, 5.74) is 0.557. The Kier molecular flexibility index (Phi) is 8.16. The number of pyridine rings is 1. The molecule has 2 aromatic carbocycles. The normalized spacial score (nSPS) is 15.6. The number of aromatic amines is 1. The molecule has 1 fully saturated rings. The van der Waals surface area contributed by atoms with Crippen molar-refractivity contribution >= 4 is 22.6 Å². The minimum Gasteiger partial charge on any atom is -0.502 e. The van der Waals surface area contributed by atoms with E-state index < -0.39 is 28.6 Å². The number of hydrogen-bond donors (Lipinski definition) is 2. The van der Waals surface area contributed by atoms with Crippen molar-refractivity contribution in [2.24, 2.45) is 0 Å². The van der Waals surface area contributed by atoms with Gasteiger partial charge in [0.2, 0.25) is 11.2 Å². The predicted molar refractivity (Wildman–Crippen MR) is 161 cm³/mol. The van der Waals surface area contributed by atoms with Gasteiger partial charge < -0.3 is 38.4 Å². The first-order valence-corrected chi connectivity index (χ1v) is 14.3. The Bertz CT molecular complexity index is 1790. The molecule has 230 valence electrons. The number of nitrogens with one attached hydrogen (secondary N) is 1. The highest BCUT2D eigenvalue weighted by molar-refractivity contribution is 5.83. The Hall–Kier alpha value is -4.97. The number of methoxy groups -OCH3 is 2. The number of anilines is 1. The third-order valence-corrected chi connectivity index (χ3v) is 8.02. The van der Waals surface area contributed by atoms with E-state index >= 15 is 0 Å². The van der Waals surface area contributed by atoms with Gasteiger partial charge in [-0.2, -0.15) is 0 Å². The number of esters is 1. The second kappa shape index (κ2) is 12.3. The molecular weight excluding hydrogens is 570 g/mol. The van der Waals surface area contributed by atoms with E-state index in [1.165, 1.54) is 13.2 Å². The van der Waals surface area contributed by atoms with Crippen molar-refractivity contribution in [1.82, 2.24) is 9.88 Å². The summed E-state index contributed by atoms with van der Waals surface area (Å²) in [7, 11) is 2.86. The molecule has 4 heterocycles. The van der Waals surface area contributed by atoms with Crippen molar-refractivity contribution in [3.63, 3.8) is 0 Å². The maximum atomic E-state index is 13.4. The van der Waals surface area contributed by atoms with Crippen LogP contribution in [0.4, 0.5) is 5.69 Å². The highest BCUT2D eigenvalue weighted by Crippen LogP contribution is 2.37. The van der Waals surface area contributed by atoms with Gasteiger partial charge in [0.15, 0.2) is 17.3 Å². The maximum Gasteiger partial charge on any atom is 0.306 e. The molecule has 0 spiro atoms. The molecular formula is C32H33N3O9. The number of piperazine rings is 1. The number of benzene rings is 2. The van der Waals surface area contributed by atoms with Crippen LogP contribution in [-0.4, -0.2) is 74.6 Å². The van der Waals surface area contributed by atoms with E-state index in [0.29, 0.717) is 61.0 Å². The Labute approximate surface area is 252 Å². The number of rotatable bonds is 8. The van der Waals surface area contributed by atoms with E-state index in [-0.39, 0.29) is 17.7 Å². The third-order valence-electron chi connectivity index (χ3n) is 8.02. The molecule has 44 heavy (non-hydrogen) atoms. The molecule has 0 saturated carbocycles. The standard InChI is InChI=1S/C32H33N3O9/c1-40-21-5-3-20(4-6-21)35-9-7-34(8-10-35)18-22-15-26(36)30(38)31(44-22)23(16-29(37)41-2)24-13-19-14-27-28(43-12-11-42-27)17-25(19)33-32(24)39/h3-6,13-15,17,23,38H,7-12,16,18H2,1-2H3,(H,33,39). The number of aromatic hydroxyl groups is 1. The van der Waals surface area contributed by atoms with Crippen molar-refractivity contribution in [1.29, 1.82) is 0 Å². The van der Waals surface area contributed by atoms with Crippen molar-refractivity contribution in [3.8, 4) is 23.0 Å². The fraction of sp³-hybridized carbons (Fsp3) is 0.344. The molecule has 2 aromatic heterocycles. The monoisotopic (exact) mass is 603 g/mol. The van der Waals surface area contributed by atoms with Gasteiger partial charge in [0.1, 0.15) is 24.7 Å². The number of fused-ring (bicyclic) bond motifs is 2. The molecule has 0 amide bonds. The lowest BCUT2D eigenvalue weighted by Gasteiger charge is -2.36. The van der Waals surface area contributed by atoms with Gasteiger partial charge in [-0.15, -0.1) is 0 Å². The van der Waals surface area contributed by atoms with E-state index in [0.717, 1.165) is 24.5 Å². The number of hydrogen-bond acceptors (Lipinski definition) is 11. The Morgan fingerprint density at radius 1 is 0.977 bits per heavy atom. The van der Waals surface area contributed by atoms with Gasteiger partial charge in [-0.1, -0.05) is 0 Å². The number of carbonyl (C=O) groups excluding carboxylic acids is 1. The summed E-state index contributed by atoms with van der Waals surface area (Å²) in [6.07, 6.45) is -0.337. The van der Waals surface area contributed by atoms with Crippen LogP contribution in [0.5, 0.6) is 23.0 Å². The Balaban J connectivity index is 1.29. The van der Waals surface area contributed by atoms with Crippen LogP contribution in [0.2, 0.25) is 0 Å². The van der Waals surface area contributed by atoms with Crippen molar-refractivity contribution in [2.45, 2.75) is 18.9 Å². The van der Waals surface area contributed by atoms with Gasteiger partial charge in [0.05, 0.1) is 38.6 Å². The zero-order valence-corrected chi connectivity index (χ0v) is 24.5. The molecule has 2 N–H and O–H groups in total. The average Bonchev–Trinajstić information content (AvgIpc) is 3.04. The van der Waals surface area contributed by atoms with Crippen molar-refractivity contribution in [3.05, 3.63) is 86.2 Å². The van der Waals surface area contributed by atoms with Crippen LogP contribution in [0, 0.1) is 0 Å². The van der Waals surface area contributed by atoms with Crippen LogP contribution >= 0.6 is 0 Å². The van der Waals surface area contributed by atoms with Gasteiger partial charge in [-0.25, -0.2) is 0 Å². The lowest BCUT2D eigenvalue weighted by Crippen LogP contribution is -2.46. The quantitative estimate of drug-likeness (QED) is 0.287. The smallest absolute Gasteiger partial charge is 0.306 e. The zero-order valence-electron chi connectivity index (χ0n) is 24.5. The summed E-state index contributed by atoms with van der Waals surface area (Å²) in [6, 6.07) is 14.2. The fourth-order valence-electron chi connectivity index (χ4n) is 5.66. The number of H-pyrrole nitrogens is 1. The van der Waals surface area contributed by atoms with Gasteiger partial charge in [-0.3, -0.25) is 19.3 Å². The second-order valence-corrected chi connectivity index (χ2v) is 10.7. The molecule has 1 unspecified atom stereocenters. The van der Waals surface area contributed by atoms with Crippen molar-refractivity contribution in [2.75, 3.05) is 58.5 Å². The summed E-state index contributed by atoms with van der Waals surface area (Å²) >= 11 is 0.